The van der Waals surface area contributed by atoms with Gasteiger partial charge in [0.25, 0.3) is 0 Å². The van der Waals surface area contributed by atoms with Gasteiger partial charge in [-0.05, 0) is 73.7 Å². The first kappa shape index (κ1) is 54.6. The third-order valence-electron chi connectivity index (χ3n) is 9.10. The standard InChI is InChI=1S/C36H44N4.2CH2Cl2.CHF3O3S.Fe.NO/c1-9-21-22(10-2)30-18-32-25(13-5)26(14-6)34(39-32)20-36-28(16-8)27(15-7)35(40-36)19-33-24(12-4)23(11-3)31(38-33)17-29(21)37-30;2*2-1-3;2-1(3,4)8(5,6)7;;1-2/h17-20H,9-16H2,1-8H3;2*1H2;(H,5,6,7);;/q-2;;;;+3;/p-1. The summed E-state index contributed by atoms with van der Waals surface area (Å²) in [6, 6.07) is 8.98. The molecule has 0 fully saturated rings. The van der Waals surface area contributed by atoms with Crippen molar-refractivity contribution >= 4 is 101 Å². The van der Waals surface area contributed by atoms with Gasteiger partial charge in [0.2, 0.25) is 0 Å². The Balaban J connectivity index is 0.00000158. The van der Waals surface area contributed by atoms with Crippen LogP contribution in [0.2, 0.25) is 0 Å². The van der Waals surface area contributed by atoms with E-state index in [9.17, 15) is 13.2 Å². The molecule has 57 heavy (non-hydrogen) atoms. The van der Waals surface area contributed by atoms with Crippen molar-refractivity contribution in [1.82, 2.24) is 25.5 Å². The van der Waals surface area contributed by atoms with E-state index >= 15 is 0 Å². The quantitative estimate of drug-likeness (QED) is 0.0937. The Kier molecular flexibility index (Phi) is 24.8. The zero-order chi connectivity index (χ0) is 43.0. The van der Waals surface area contributed by atoms with Crippen LogP contribution >= 0.6 is 46.4 Å². The van der Waals surface area contributed by atoms with Gasteiger partial charge in [0, 0.05) is 0 Å². The van der Waals surface area contributed by atoms with E-state index in [-0.39, 0.29) is 27.7 Å². The first-order chi connectivity index (χ1) is 26.5. The molecule has 0 amide bonds. The summed E-state index contributed by atoms with van der Waals surface area (Å²) in [7, 11) is -6.09. The van der Waals surface area contributed by atoms with E-state index in [0.29, 0.717) is 0 Å². The SMILES string of the molecule is CCC1=C(CC)c2cc3[n-]c(cc4nc(cc5[n-]c(cc1n2)c(CC)c5CC)C(CC)=C4CC)c(CC)c3CC.ClCCl.ClCCl.O=S(=O)([O-])C(F)(F)F.[Fe+3].[N]=O. The van der Waals surface area contributed by atoms with Crippen LogP contribution in [0.5, 0.6) is 0 Å². The predicted octanol–water partition coefficient (Wildman–Crippen LogP) is 11.7. The number of nitrogens with zero attached hydrogens (tertiary/aromatic N) is 5. The second kappa shape index (κ2) is 25.9. The van der Waals surface area contributed by atoms with E-state index < -0.39 is 15.6 Å². The zero-order valence-electron chi connectivity index (χ0n) is 33.2. The summed E-state index contributed by atoms with van der Waals surface area (Å²) < 4.78 is 58.9. The second-order valence-corrected chi connectivity index (χ2v) is 14.9. The average molecular weight is 938 g/mol. The molecule has 2 radical (unpaired) electrons. The molecule has 5 rings (SSSR count). The number of allylic oxidation sites excluding steroid dienone is 4. The summed E-state index contributed by atoms with van der Waals surface area (Å²) in [5.41, 5.74) is 19.2. The molecular formula is C39H48Cl4F3FeN5O4S. The van der Waals surface area contributed by atoms with E-state index in [0.717, 1.165) is 96.2 Å². The third-order valence-corrected chi connectivity index (χ3v) is 9.67. The molecule has 0 saturated carbocycles. The van der Waals surface area contributed by atoms with Crippen molar-refractivity contribution in [3.8, 4) is 0 Å². The second-order valence-electron chi connectivity index (χ2n) is 11.9. The number of fused-ring (bicyclic) bond motifs is 8. The average Bonchev–Trinajstić information content (AvgIpc) is 3.87. The summed E-state index contributed by atoms with van der Waals surface area (Å²) in [5, 5.41) is 0.389. The summed E-state index contributed by atoms with van der Waals surface area (Å²) in [5.74, 6) is 0. The van der Waals surface area contributed by atoms with Gasteiger partial charge in [-0.2, -0.15) is 13.2 Å². The molecule has 2 aliphatic rings. The first-order valence-electron chi connectivity index (χ1n) is 18.1. The number of rotatable bonds is 8. The molecule has 0 aliphatic carbocycles. The van der Waals surface area contributed by atoms with Crippen molar-refractivity contribution in [3.63, 3.8) is 0 Å². The molecule has 2 aliphatic heterocycles. The maximum Gasteiger partial charge on any atom is 3.00 e. The normalized spacial score (nSPS) is 12.2. The van der Waals surface area contributed by atoms with Crippen LogP contribution in [0.3, 0.4) is 0 Å². The monoisotopic (exact) mass is 935 g/mol. The fourth-order valence-electron chi connectivity index (χ4n) is 6.92. The molecular weight excluding hydrogens is 889 g/mol. The molecule has 0 saturated heterocycles. The number of hydrogen-bond acceptors (Lipinski definition) is 6. The number of nitroso groups, excluding NO2 is 1. The Hall–Kier alpha value is -2.42. The number of aryl methyl sites for hydroxylation is 4. The van der Waals surface area contributed by atoms with Crippen molar-refractivity contribution in [3.05, 3.63) is 74.2 Å². The minimum atomic E-state index is -6.09. The molecule has 9 nitrogen and oxygen atoms in total. The van der Waals surface area contributed by atoms with Crippen molar-refractivity contribution in [1.29, 1.82) is 0 Å². The van der Waals surface area contributed by atoms with Gasteiger partial charge in [0.15, 0.2) is 10.1 Å². The van der Waals surface area contributed by atoms with Crippen LogP contribution in [0.1, 0.15) is 126 Å². The van der Waals surface area contributed by atoms with Gasteiger partial charge in [-0.3, -0.25) is 0 Å². The molecule has 0 atom stereocenters. The Morgan fingerprint density at radius 3 is 0.842 bits per heavy atom. The van der Waals surface area contributed by atoms with Crippen molar-refractivity contribution in [2.45, 2.75) is 112 Å². The van der Waals surface area contributed by atoms with E-state index in [4.69, 9.17) is 89.8 Å². The van der Waals surface area contributed by atoms with Crippen molar-refractivity contribution in [2.75, 3.05) is 10.7 Å². The van der Waals surface area contributed by atoms with Gasteiger partial charge in [-0.25, -0.2) is 18.4 Å². The molecule has 3 aromatic rings. The van der Waals surface area contributed by atoms with Crippen molar-refractivity contribution in [2.24, 2.45) is 0 Å². The maximum atomic E-state index is 10.7. The van der Waals surface area contributed by atoms with Crippen LogP contribution in [0.25, 0.3) is 44.4 Å². The Morgan fingerprint density at radius 1 is 0.544 bits per heavy atom. The zero-order valence-corrected chi connectivity index (χ0v) is 38.1. The molecule has 316 valence electrons. The minimum absolute atomic E-state index is 0. The summed E-state index contributed by atoms with van der Waals surface area (Å²) in [6.07, 6.45) is 7.60. The van der Waals surface area contributed by atoms with Crippen LogP contribution in [0.15, 0.2) is 24.3 Å². The summed E-state index contributed by atoms with van der Waals surface area (Å²) in [6.45, 7) is 17.9. The smallest absolute Gasteiger partial charge is 0.741 e. The van der Waals surface area contributed by atoms with E-state index in [1.54, 1.807) is 0 Å². The van der Waals surface area contributed by atoms with Crippen LogP contribution in [-0.2, 0) is 52.9 Å². The van der Waals surface area contributed by atoms with Gasteiger partial charge in [0.1, 0.15) is 5.59 Å². The number of halogens is 7. The minimum Gasteiger partial charge on any atom is -0.741 e. The Labute approximate surface area is 364 Å². The largest absolute Gasteiger partial charge is 3.00 e. The molecule has 3 aromatic heterocycles. The number of aromatic nitrogens is 4. The maximum absolute atomic E-state index is 10.7. The topological polar surface area (TPSA) is 151 Å². The fraction of sp³-hybridized carbons (Fsp3) is 0.487. The van der Waals surface area contributed by atoms with Crippen LogP contribution in [0, 0.1) is 4.91 Å². The molecule has 0 aromatic carbocycles. The summed E-state index contributed by atoms with van der Waals surface area (Å²) in [4.78, 5) is 28.3. The van der Waals surface area contributed by atoms with Gasteiger partial charge in [-0.1, -0.05) is 102 Å². The molecule has 8 bridgehead atoms. The molecule has 5 heterocycles. The van der Waals surface area contributed by atoms with E-state index in [1.807, 2.05) is 0 Å². The number of hydrogen-bond donors (Lipinski definition) is 0. The predicted molar refractivity (Wildman–Crippen MR) is 226 cm³/mol. The molecule has 18 heteroatoms. The van der Waals surface area contributed by atoms with Gasteiger partial charge < -0.3 is 14.5 Å². The molecule has 0 N–H and O–H groups in total. The van der Waals surface area contributed by atoms with E-state index in [1.165, 1.54) is 44.5 Å². The van der Waals surface area contributed by atoms with Crippen LogP contribution < -0.4 is 15.6 Å². The van der Waals surface area contributed by atoms with Crippen LogP contribution in [-0.4, -0.2) is 39.1 Å². The van der Waals surface area contributed by atoms with Gasteiger partial charge in [-0.15, -0.1) is 73.4 Å². The van der Waals surface area contributed by atoms with Crippen LogP contribution in [0.4, 0.5) is 13.2 Å². The number of alkyl halides is 7. The Bertz CT molecular complexity index is 1880. The molecule has 0 unspecified atom stereocenters. The fourth-order valence-corrected chi connectivity index (χ4v) is 6.92. The Morgan fingerprint density at radius 2 is 0.719 bits per heavy atom. The molecule has 0 spiro atoms. The first-order valence-corrected chi connectivity index (χ1v) is 21.7. The van der Waals surface area contributed by atoms with Gasteiger partial charge in [0.05, 0.1) is 33.5 Å². The van der Waals surface area contributed by atoms with Gasteiger partial charge >= 0.3 is 22.6 Å². The van der Waals surface area contributed by atoms with Crippen molar-refractivity contribution < 1.29 is 43.2 Å². The summed E-state index contributed by atoms with van der Waals surface area (Å²) >= 11 is 19.1. The van der Waals surface area contributed by atoms with E-state index in [2.05, 4.69) is 79.7 Å². The third kappa shape index (κ3) is 13.5.